The van der Waals surface area contributed by atoms with Crippen molar-refractivity contribution < 1.29 is 9.47 Å². The maximum Gasteiger partial charge on any atom is 0.132 e. The summed E-state index contributed by atoms with van der Waals surface area (Å²) in [6.07, 6.45) is 2.52. The van der Waals surface area contributed by atoms with Gasteiger partial charge in [0.25, 0.3) is 0 Å². The fraction of sp³-hybridized carbons (Fsp3) is 0.375. The second-order valence-electron chi connectivity index (χ2n) is 4.66. The van der Waals surface area contributed by atoms with Crippen LogP contribution in [-0.4, -0.2) is 37.3 Å². The van der Waals surface area contributed by atoms with E-state index in [1.54, 1.807) is 20.4 Å². The summed E-state index contributed by atoms with van der Waals surface area (Å²) in [5.41, 5.74) is 2.16. The van der Waals surface area contributed by atoms with Gasteiger partial charge in [-0.15, -0.1) is 0 Å². The molecule has 5 nitrogen and oxygen atoms in total. The summed E-state index contributed by atoms with van der Waals surface area (Å²) >= 11 is 0. The first kappa shape index (κ1) is 15.4. The van der Waals surface area contributed by atoms with E-state index in [0.717, 1.165) is 36.8 Å². The summed E-state index contributed by atoms with van der Waals surface area (Å²) in [5.74, 6) is 1.68. The average molecular weight is 287 g/mol. The summed E-state index contributed by atoms with van der Waals surface area (Å²) in [6.45, 7) is 2.24. The number of nitrogens with zero attached hydrogens (tertiary/aromatic N) is 2. The highest BCUT2D eigenvalue weighted by molar-refractivity contribution is 5.28. The van der Waals surface area contributed by atoms with Crippen LogP contribution in [0.2, 0.25) is 0 Å². The van der Waals surface area contributed by atoms with Crippen molar-refractivity contribution >= 4 is 0 Å². The first-order chi connectivity index (χ1) is 10.3. The van der Waals surface area contributed by atoms with Crippen LogP contribution in [0.3, 0.4) is 0 Å². The van der Waals surface area contributed by atoms with Crippen molar-refractivity contribution in [3.63, 3.8) is 0 Å². The van der Waals surface area contributed by atoms with E-state index in [2.05, 4.69) is 15.3 Å². The van der Waals surface area contributed by atoms with Crippen molar-refractivity contribution in [3.8, 4) is 5.75 Å². The minimum atomic E-state index is 0.698. The van der Waals surface area contributed by atoms with Gasteiger partial charge in [0.2, 0.25) is 0 Å². The lowest BCUT2D eigenvalue weighted by Crippen LogP contribution is -2.19. The number of aromatic nitrogens is 2. The molecule has 112 valence electrons. The summed E-state index contributed by atoms with van der Waals surface area (Å²) in [5, 5.41) is 3.28. The molecule has 0 saturated heterocycles. The number of hydrogen-bond donors (Lipinski definition) is 1. The smallest absolute Gasteiger partial charge is 0.132 e. The van der Waals surface area contributed by atoms with Gasteiger partial charge < -0.3 is 14.8 Å². The zero-order chi connectivity index (χ0) is 14.9. The molecule has 0 aliphatic carbocycles. The molecule has 0 amide bonds. The number of ether oxygens (including phenoxy) is 2. The fourth-order valence-corrected chi connectivity index (χ4v) is 1.94. The van der Waals surface area contributed by atoms with E-state index in [1.807, 2.05) is 30.3 Å². The van der Waals surface area contributed by atoms with Gasteiger partial charge in [-0.3, -0.25) is 0 Å². The maximum absolute atomic E-state index is 5.15. The predicted molar refractivity (Wildman–Crippen MR) is 81.4 cm³/mol. The van der Waals surface area contributed by atoms with Gasteiger partial charge in [-0.1, -0.05) is 12.1 Å². The molecule has 0 atom stereocenters. The average Bonchev–Trinajstić information content (AvgIpc) is 2.53. The highest BCUT2D eigenvalue weighted by Crippen LogP contribution is 2.13. The molecule has 0 aliphatic heterocycles. The molecule has 21 heavy (non-hydrogen) atoms. The molecular weight excluding hydrogens is 266 g/mol. The second-order valence-corrected chi connectivity index (χ2v) is 4.66. The van der Waals surface area contributed by atoms with Crippen molar-refractivity contribution in [2.45, 2.75) is 13.0 Å². The van der Waals surface area contributed by atoms with Crippen LogP contribution in [-0.2, 0) is 17.7 Å². The van der Waals surface area contributed by atoms with Gasteiger partial charge >= 0.3 is 0 Å². The van der Waals surface area contributed by atoms with Gasteiger partial charge in [-0.2, -0.15) is 0 Å². The van der Waals surface area contributed by atoms with Gasteiger partial charge in [-0.25, -0.2) is 9.97 Å². The van der Waals surface area contributed by atoms with Crippen LogP contribution in [0.4, 0.5) is 0 Å². The van der Waals surface area contributed by atoms with E-state index >= 15 is 0 Å². The highest BCUT2D eigenvalue weighted by atomic mass is 16.5. The third-order valence-electron chi connectivity index (χ3n) is 3.07. The van der Waals surface area contributed by atoms with Crippen molar-refractivity contribution in [3.05, 3.63) is 53.6 Å². The summed E-state index contributed by atoms with van der Waals surface area (Å²) in [7, 11) is 3.36. The molecule has 2 rings (SSSR count). The zero-order valence-corrected chi connectivity index (χ0v) is 12.5. The standard InChI is InChI=1S/C16H21N3O2/c1-20-10-9-17-12-14-7-8-18-16(19-14)11-13-3-5-15(21-2)6-4-13/h3-8,17H,9-12H2,1-2H3. The van der Waals surface area contributed by atoms with Crippen LogP contribution in [0.5, 0.6) is 5.75 Å². The molecule has 0 spiro atoms. The number of hydrogen-bond acceptors (Lipinski definition) is 5. The minimum Gasteiger partial charge on any atom is -0.497 e. The monoisotopic (exact) mass is 287 g/mol. The van der Waals surface area contributed by atoms with E-state index in [0.29, 0.717) is 6.61 Å². The van der Waals surface area contributed by atoms with Crippen LogP contribution in [0.1, 0.15) is 17.1 Å². The first-order valence-corrected chi connectivity index (χ1v) is 6.95. The van der Waals surface area contributed by atoms with Gasteiger partial charge in [0.1, 0.15) is 11.6 Å². The van der Waals surface area contributed by atoms with Crippen LogP contribution < -0.4 is 10.1 Å². The molecule has 0 bridgehead atoms. The second kappa shape index (κ2) is 8.34. The Morgan fingerprint density at radius 1 is 1.10 bits per heavy atom. The molecule has 0 fully saturated rings. The molecule has 1 aromatic heterocycles. The molecule has 2 aromatic rings. The topological polar surface area (TPSA) is 56.3 Å². The zero-order valence-electron chi connectivity index (χ0n) is 12.5. The Bertz CT molecular complexity index is 543. The SMILES string of the molecule is COCCNCc1ccnc(Cc2ccc(OC)cc2)n1. The Hall–Kier alpha value is -1.98. The quantitative estimate of drug-likeness (QED) is 0.750. The maximum atomic E-state index is 5.15. The van der Waals surface area contributed by atoms with Crippen LogP contribution in [0.25, 0.3) is 0 Å². The fourth-order valence-electron chi connectivity index (χ4n) is 1.94. The van der Waals surface area contributed by atoms with E-state index in [4.69, 9.17) is 9.47 Å². The third-order valence-corrected chi connectivity index (χ3v) is 3.07. The van der Waals surface area contributed by atoms with Crippen LogP contribution >= 0.6 is 0 Å². The lowest BCUT2D eigenvalue weighted by Gasteiger charge is -2.06. The molecule has 0 saturated carbocycles. The third kappa shape index (κ3) is 5.13. The molecular formula is C16H21N3O2. The molecule has 5 heteroatoms. The number of nitrogens with one attached hydrogen (secondary N) is 1. The predicted octanol–water partition coefficient (Wildman–Crippen LogP) is 1.81. The Morgan fingerprint density at radius 3 is 2.62 bits per heavy atom. The highest BCUT2D eigenvalue weighted by Gasteiger charge is 2.02. The van der Waals surface area contributed by atoms with Crippen molar-refractivity contribution in [2.24, 2.45) is 0 Å². The van der Waals surface area contributed by atoms with E-state index in [-0.39, 0.29) is 0 Å². The van der Waals surface area contributed by atoms with Crippen molar-refractivity contribution in [1.29, 1.82) is 0 Å². The van der Waals surface area contributed by atoms with E-state index in [9.17, 15) is 0 Å². The minimum absolute atomic E-state index is 0.698. The Morgan fingerprint density at radius 2 is 1.90 bits per heavy atom. The largest absolute Gasteiger partial charge is 0.497 e. The van der Waals surface area contributed by atoms with E-state index < -0.39 is 0 Å². The van der Waals surface area contributed by atoms with E-state index in [1.165, 1.54) is 5.56 Å². The van der Waals surface area contributed by atoms with Gasteiger partial charge in [0.15, 0.2) is 0 Å². The molecule has 0 aliphatic rings. The molecule has 1 aromatic carbocycles. The Balaban J connectivity index is 1.93. The number of methoxy groups -OCH3 is 2. The van der Waals surface area contributed by atoms with Gasteiger partial charge in [0, 0.05) is 32.8 Å². The van der Waals surface area contributed by atoms with Crippen LogP contribution in [0.15, 0.2) is 36.5 Å². The summed E-state index contributed by atoms with van der Waals surface area (Å²) < 4.78 is 10.1. The number of benzene rings is 1. The molecule has 1 N–H and O–H groups in total. The van der Waals surface area contributed by atoms with Crippen molar-refractivity contribution in [2.75, 3.05) is 27.4 Å². The lowest BCUT2D eigenvalue weighted by atomic mass is 10.1. The summed E-state index contributed by atoms with van der Waals surface area (Å²) in [4.78, 5) is 8.89. The van der Waals surface area contributed by atoms with Gasteiger partial charge in [-0.05, 0) is 23.8 Å². The summed E-state index contributed by atoms with van der Waals surface area (Å²) in [6, 6.07) is 9.89. The molecule has 0 radical (unpaired) electrons. The van der Waals surface area contributed by atoms with Crippen LogP contribution in [0, 0.1) is 0 Å². The first-order valence-electron chi connectivity index (χ1n) is 6.95. The Labute approximate surface area is 125 Å². The number of rotatable bonds is 8. The normalized spacial score (nSPS) is 10.6. The lowest BCUT2D eigenvalue weighted by molar-refractivity contribution is 0.199. The van der Waals surface area contributed by atoms with Gasteiger partial charge in [0.05, 0.1) is 19.4 Å². The molecule has 1 heterocycles. The Kier molecular flexibility index (Phi) is 6.12. The van der Waals surface area contributed by atoms with Crippen molar-refractivity contribution in [1.82, 2.24) is 15.3 Å². The molecule has 0 unspecified atom stereocenters.